The normalized spacial score (nSPS) is 10.6. The molecule has 0 fully saturated rings. The standard InChI is InChI=1S/C12H11N3O/c1-16-12-7-11(14-9-15-12)13-8-10-5-3-2-4-6-10/h2-9H,1H3. The van der Waals surface area contributed by atoms with Crippen molar-refractivity contribution >= 4 is 12.0 Å². The van der Waals surface area contributed by atoms with Crippen molar-refractivity contribution in [1.82, 2.24) is 9.97 Å². The zero-order valence-corrected chi connectivity index (χ0v) is 8.87. The Bertz CT molecular complexity index is 483. The second kappa shape index (κ2) is 5.02. The molecule has 80 valence electrons. The van der Waals surface area contributed by atoms with E-state index in [1.54, 1.807) is 19.4 Å². The zero-order chi connectivity index (χ0) is 11.2. The summed E-state index contributed by atoms with van der Waals surface area (Å²) in [5.74, 6) is 1.09. The number of ether oxygens (including phenoxy) is 1. The number of aromatic nitrogens is 2. The Morgan fingerprint density at radius 3 is 2.75 bits per heavy atom. The second-order valence-electron chi connectivity index (χ2n) is 3.09. The average Bonchev–Trinajstić information content (AvgIpc) is 2.38. The fourth-order valence-corrected chi connectivity index (χ4v) is 1.19. The molecule has 0 atom stereocenters. The van der Waals surface area contributed by atoms with Gasteiger partial charge < -0.3 is 4.74 Å². The maximum Gasteiger partial charge on any atom is 0.218 e. The van der Waals surface area contributed by atoms with Crippen LogP contribution in [0, 0.1) is 0 Å². The maximum atomic E-state index is 4.98. The molecule has 0 radical (unpaired) electrons. The number of rotatable bonds is 3. The van der Waals surface area contributed by atoms with Crippen LogP contribution < -0.4 is 4.74 Å². The number of hydrogen-bond donors (Lipinski definition) is 0. The smallest absolute Gasteiger partial charge is 0.218 e. The van der Waals surface area contributed by atoms with Gasteiger partial charge >= 0.3 is 0 Å². The first kappa shape index (κ1) is 10.3. The predicted molar refractivity (Wildman–Crippen MR) is 62.3 cm³/mol. The van der Waals surface area contributed by atoms with Gasteiger partial charge in [-0.05, 0) is 5.56 Å². The van der Waals surface area contributed by atoms with E-state index in [9.17, 15) is 0 Å². The summed E-state index contributed by atoms with van der Waals surface area (Å²) in [5.41, 5.74) is 1.03. The summed E-state index contributed by atoms with van der Waals surface area (Å²) in [7, 11) is 1.56. The first-order valence-corrected chi connectivity index (χ1v) is 4.83. The van der Waals surface area contributed by atoms with Crippen LogP contribution in [0.3, 0.4) is 0 Å². The van der Waals surface area contributed by atoms with Gasteiger partial charge in [-0.1, -0.05) is 30.3 Å². The van der Waals surface area contributed by atoms with Crippen molar-refractivity contribution in [2.45, 2.75) is 0 Å². The Morgan fingerprint density at radius 1 is 1.19 bits per heavy atom. The third-order valence-corrected chi connectivity index (χ3v) is 1.98. The maximum absolute atomic E-state index is 4.98. The van der Waals surface area contributed by atoms with Crippen LogP contribution in [0.4, 0.5) is 5.82 Å². The van der Waals surface area contributed by atoms with E-state index in [-0.39, 0.29) is 0 Å². The summed E-state index contributed by atoms with van der Waals surface area (Å²) in [6, 6.07) is 11.5. The average molecular weight is 213 g/mol. The molecule has 1 aromatic carbocycles. The Balaban J connectivity index is 2.17. The highest BCUT2D eigenvalue weighted by Gasteiger charge is 1.95. The third-order valence-electron chi connectivity index (χ3n) is 1.98. The predicted octanol–water partition coefficient (Wildman–Crippen LogP) is 2.24. The Labute approximate surface area is 93.7 Å². The van der Waals surface area contributed by atoms with Crippen LogP contribution >= 0.6 is 0 Å². The van der Waals surface area contributed by atoms with Gasteiger partial charge in [0, 0.05) is 12.3 Å². The highest BCUT2D eigenvalue weighted by atomic mass is 16.5. The molecule has 0 aliphatic heterocycles. The van der Waals surface area contributed by atoms with Crippen molar-refractivity contribution in [3.63, 3.8) is 0 Å². The van der Waals surface area contributed by atoms with E-state index in [1.807, 2.05) is 30.3 Å². The van der Waals surface area contributed by atoms with Gasteiger partial charge in [0.1, 0.15) is 6.33 Å². The Morgan fingerprint density at radius 2 is 2.00 bits per heavy atom. The highest BCUT2D eigenvalue weighted by Crippen LogP contribution is 2.12. The molecule has 2 rings (SSSR count). The van der Waals surface area contributed by atoms with Crippen molar-refractivity contribution in [3.8, 4) is 5.88 Å². The molecular formula is C12H11N3O. The van der Waals surface area contributed by atoms with Crippen LogP contribution in [0.15, 0.2) is 47.7 Å². The van der Waals surface area contributed by atoms with Crippen molar-refractivity contribution < 1.29 is 4.74 Å². The van der Waals surface area contributed by atoms with E-state index in [2.05, 4.69) is 15.0 Å². The molecule has 0 saturated carbocycles. The van der Waals surface area contributed by atoms with Gasteiger partial charge in [-0.25, -0.2) is 15.0 Å². The molecule has 0 amide bonds. The number of methoxy groups -OCH3 is 1. The molecule has 0 bridgehead atoms. The molecule has 4 heteroatoms. The van der Waals surface area contributed by atoms with Crippen LogP contribution in [-0.4, -0.2) is 23.3 Å². The van der Waals surface area contributed by atoms with E-state index >= 15 is 0 Å². The molecule has 0 saturated heterocycles. The van der Waals surface area contributed by atoms with E-state index < -0.39 is 0 Å². The first-order valence-electron chi connectivity index (χ1n) is 4.83. The van der Waals surface area contributed by atoms with Gasteiger partial charge in [0.25, 0.3) is 0 Å². The molecule has 16 heavy (non-hydrogen) atoms. The molecule has 0 aliphatic rings. The lowest BCUT2D eigenvalue weighted by atomic mass is 10.2. The zero-order valence-electron chi connectivity index (χ0n) is 8.87. The molecule has 0 aliphatic carbocycles. The minimum atomic E-state index is 0.509. The summed E-state index contributed by atoms with van der Waals surface area (Å²) in [5, 5.41) is 0. The minimum absolute atomic E-state index is 0.509. The van der Waals surface area contributed by atoms with Gasteiger partial charge in [0.05, 0.1) is 7.11 Å². The molecule has 1 heterocycles. The van der Waals surface area contributed by atoms with Crippen LogP contribution in [0.5, 0.6) is 5.88 Å². The fraction of sp³-hybridized carbons (Fsp3) is 0.0833. The second-order valence-corrected chi connectivity index (χ2v) is 3.09. The highest BCUT2D eigenvalue weighted by molar-refractivity contribution is 5.81. The minimum Gasteiger partial charge on any atom is -0.481 e. The molecule has 1 aromatic heterocycles. The largest absolute Gasteiger partial charge is 0.481 e. The van der Waals surface area contributed by atoms with E-state index in [0.717, 1.165) is 5.56 Å². The third kappa shape index (κ3) is 2.63. The topological polar surface area (TPSA) is 47.4 Å². The van der Waals surface area contributed by atoms with E-state index in [1.165, 1.54) is 6.33 Å². The molecule has 2 aromatic rings. The molecule has 0 spiro atoms. The molecule has 0 N–H and O–H groups in total. The van der Waals surface area contributed by atoms with E-state index in [4.69, 9.17) is 4.74 Å². The van der Waals surface area contributed by atoms with Gasteiger partial charge in [0.15, 0.2) is 5.82 Å². The summed E-state index contributed by atoms with van der Waals surface area (Å²) in [4.78, 5) is 12.1. The number of aliphatic imine (C=N–C) groups is 1. The summed E-state index contributed by atoms with van der Waals surface area (Å²) in [6.07, 6.45) is 3.18. The summed E-state index contributed by atoms with van der Waals surface area (Å²) in [6.45, 7) is 0. The summed E-state index contributed by atoms with van der Waals surface area (Å²) < 4.78 is 4.98. The first-order chi connectivity index (χ1) is 7.88. The Hall–Kier alpha value is -2.23. The van der Waals surface area contributed by atoms with Crippen molar-refractivity contribution in [2.24, 2.45) is 4.99 Å². The van der Waals surface area contributed by atoms with Gasteiger partial charge in [0.2, 0.25) is 5.88 Å². The molecular weight excluding hydrogens is 202 g/mol. The lowest BCUT2D eigenvalue weighted by molar-refractivity contribution is 0.397. The van der Waals surface area contributed by atoms with Gasteiger partial charge in [-0.3, -0.25) is 0 Å². The molecule has 0 unspecified atom stereocenters. The quantitative estimate of drug-likeness (QED) is 0.734. The lowest BCUT2D eigenvalue weighted by Gasteiger charge is -1.97. The SMILES string of the molecule is COc1cc(N=Cc2ccccc2)ncn1. The lowest BCUT2D eigenvalue weighted by Crippen LogP contribution is -1.87. The van der Waals surface area contributed by atoms with Crippen molar-refractivity contribution in [3.05, 3.63) is 48.3 Å². The van der Waals surface area contributed by atoms with Crippen molar-refractivity contribution in [2.75, 3.05) is 7.11 Å². The Kier molecular flexibility index (Phi) is 3.23. The number of benzene rings is 1. The van der Waals surface area contributed by atoms with Crippen molar-refractivity contribution in [1.29, 1.82) is 0 Å². The molecule has 4 nitrogen and oxygen atoms in total. The number of hydrogen-bond acceptors (Lipinski definition) is 4. The van der Waals surface area contributed by atoms with Crippen LogP contribution in [0.2, 0.25) is 0 Å². The fourth-order valence-electron chi connectivity index (χ4n) is 1.19. The van der Waals surface area contributed by atoms with E-state index in [0.29, 0.717) is 11.7 Å². The van der Waals surface area contributed by atoms with Crippen LogP contribution in [0.25, 0.3) is 0 Å². The van der Waals surface area contributed by atoms with Crippen LogP contribution in [0.1, 0.15) is 5.56 Å². The summed E-state index contributed by atoms with van der Waals surface area (Å²) >= 11 is 0. The van der Waals surface area contributed by atoms with Crippen LogP contribution in [-0.2, 0) is 0 Å². The van der Waals surface area contributed by atoms with Gasteiger partial charge in [-0.15, -0.1) is 0 Å². The van der Waals surface area contributed by atoms with Gasteiger partial charge in [-0.2, -0.15) is 0 Å². The number of nitrogens with zero attached hydrogens (tertiary/aromatic N) is 3. The monoisotopic (exact) mass is 213 g/mol.